The lowest BCUT2D eigenvalue weighted by atomic mass is 10.0. The second-order valence-corrected chi connectivity index (χ2v) is 5.17. The molecule has 0 bridgehead atoms. The smallest absolute Gasteiger partial charge is 0.344 e. The van der Waals surface area contributed by atoms with Crippen LogP contribution in [-0.2, 0) is 4.74 Å². The van der Waals surface area contributed by atoms with Crippen molar-refractivity contribution in [1.82, 2.24) is 4.37 Å². The topological polar surface area (TPSA) is 77.2 Å². The largest absolute Gasteiger partial charge is 0.462 e. The number of aromatic nitrogens is 1. The van der Waals surface area contributed by atoms with Gasteiger partial charge >= 0.3 is 5.97 Å². The van der Waals surface area contributed by atoms with Crippen LogP contribution in [-0.4, -0.2) is 23.0 Å². The summed E-state index contributed by atoms with van der Waals surface area (Å²) in [4.78, 5) is 11.8. The van der Waals surface area contributed by atoms with Crippen LogP contribution in [0.4, 0.5) is 10.8 Å². The Hall–Kier alpha value is -1.30. The molecule has 1 heterocycles. The lowest BCUT2D eigenvalue weighted by Gasteiger charge is -2.21. The molecule has 0 aromatic carbocycles. The molecule has 102 valence electrons. The third-order valence-corrected chi connectivity index (χ3v) is 3.55. The quantitative estimate of drug-likeness (QED) is 0.778. The Morgan fingerprint density at radius 1 is 1.50 bits per heavy atom. The zero-order valence-corrected chi connectivity index (χ0v) is 12.1. The highest BCUT2D eigenvalue weighted by Crippen LogP contribution is 2.29. The first-order valence-corrected chi connectivity index (χ1v) is 6.97. The van der Waals surface area contributed by atoms with Crippen molar-refractivity contribution < 1.29 is 9.53 Å². The van der Waals surface area contributed by atoms with Crippen LogP contribution in [0.5, 0.6) is 0 Å². The number of esters is 1. The van der Waals surface area contributed by atoms with Crippen molar-refractivity contribution in [2.45, 2.75) is 40.2 Å². The van der Waals surface area contributed by atoms with Crippen LogP contribution in [0.25, 0.3) is 0 Å². The van der Waals surface area contributed by atoms with Crippen LogP contribution < -0.4 is 11.1 Å². The number of anilines is 2. The van der Waals surface area contributed by atoms with Gasteiger partial charge in [0.1, 0.15) is 10.6 Å². The fourth-order valence-electron chi connectivity index (χ4n) is 1.71. The summed E-state index contributed by atoms with van der Waals surface area (Å²) in [6, 6.07) is 0.290. The molecule has 1 aromatic rings. The fraction of sp³-hybridized carbons (Fsp3) is 0.667. The lowest BCUT2D eigenvalue weighted by molar-refractivity contribution is 0.0529. The predicted molar refractivity (Wildman–Crippen MR) is 75.0 cm³/mol. The summed E-state index contributed by atoms with van der Waals surface area (Å²) in [5, 5.41) is 4.03. The van der Waals surface area contributed by atoms with Crippen LogP contribution in [0.2, 0.25) is 0 Å². The van der Waals surface area contributed by atoms with Crippen molar-refractivity contribution in [3.05, 3.63) is 5.56 Å². The maximum absolute atomic E-state index is 11.8. The number of nitrogens with two attached hydrogens (primary N) is 1. The summed E-state index contributed by atoms with van der Waals surface area (Å²) < 4.78 is 9.01. The van der Waals surface area contributed by atoms with Gasteiger partial charge in [-0.15, -0.1) is 0 Å². The number of nitrogens with one attached hydrogen (secondary N) is 1. The lowest BCUT2D eigenvalue weighted by Crippen LogP contribution is -2.25. The Bertz CT molecular complexity index is 404. The monoisotopic (exact) mass is 271 g/mol. The van der Waals surface area contributed by atoms with E-state index in [-0.39, 0.29) is 11.9 Å². The molecule has 0 fully saturated rings. The first kappa shape index (κ1) is 14.8. The van der Waals surface area contributed by atoms with Crippen molar-refractivity contribution in [1.29, 1.82) is 0 Å². The Balaban J connectivity index is 2.93. The molecule has 0 saturated carbocycles. The molecule has 1 atom stereocenters. The highest BCUT2D eigenvalue weighted by atomic mass is 32.1. The summed E-state index contributed by atoms with van der Waals surface area (Å²) in [6.07, 6.45) is 0.970. The number of hydrogen-bond acceptors (Lipinski definition) is 6. The van der Waals surface area contributed by atoms with E-state index in [2.05, 4.69) is 30.5 Å². The highest BCUT2D eigenvalue weighted by molar-refractivity contribution is 7.11. The number of rotatable bonds is 6. The number of carbonyl (C=O) groups excluding carboxylic acids is 1. The summed E-state index contributed by atoms with van der Waals surface area (Å²) in [5.41, 5.74) is 6.09. The highest BCUT2D eigenvalue weighted by Gasteiger charge is 2.22. The molecule has 0 radical (unpaired) electrons. The Morgan fingerprint density at radius 2 is 2.17 bits per heavy atom. The molecule has 0 aliphatic heterocycles. The zero-order valence-electron chi connectivity index (χ0n) is 11.3. The molecule has 5 nitrogen and oxygen atoms in total. The molecule has 3 N–H and O–H groups in total. The minimum absolute atomic E-state index is 0.236. The second-order valence-electron chi connectivity index (χ2n) is 4.40. The number of ether oxygens (including phenoxy) is 1. The zero-order chi connectivity index (χ0) is 13.7. The molecule has 0 aliphatic rings. The van der Waals surface area contributed by atoms with E-state index in [0.717, 1.165) is 6.42 Å². The van der Waals surface area contributed by atoms with Crippen LogP contribution in [0.3, 0.4) is 0 Å². The van der Waals surface area contributed by atoms with Gasteiger partial charge in [-0.1, -0.05) is 20.8 Å². The minimum atomic E-state index is -0.412. The van der Waals surface area contributed by atoms with E-state index < -0.39 is 5.97 Å². The van der Waals surface area contributed by atoms with Gasteiger partial charge in [0.25, 0.3) is 0 Å². The Morgan fingerprint density at radius 3 is 2.67 bits per heavy atom. The number of nitrogen functional groups attached to an aromatic ring is 1. The van der Waals surface area contributed by atoms with Gasteiger partial charge in [0.2, 0.25) is 0 Å². The maximum atomic E-state index is 11.8. The molecule has 0 saturated heterocycles. The number of carbonyl (C=O) groups is 1. The van der Waals surface area contributed by atoms with Gasteiger partial charge in [-0.25, -0.2) is 4.79 Å². The first-order valence-electron chi connectivity index (χ1n) is 6.20. The molecular formula is C12H21N3O2S. The fourth-order valence-corrected chi connectivity index (χ4v) is 2.47. The molecule has 1 aromatic heterocycles. The predicted octanol–water partition coefficient (Wildman–Crippen LogP) is 2.75. The van der Waals surface area contributed by atoms with E-state index in [4.69, 9.17) is 10.5 Å². The second kappa shape index (κ2) is 6.58. The van der Waals surface area contributed by atoms with E-state index in [1.165, 1.54) is 11.5 Å². The first-order chi connectivity index (χ1) is 8.51. The molecule has 0 aliphatic carbocycles. The van der Waals surface area contributed by atoms with E-state index >= 15 is 0 Å². The molecular weight excluding hydrogens is 250 g/mol. The van der Waals surface area contributed by atoms with E-state index in [9.17, 15) is 4.79 Å². The van der Waals surface area contributed by atoms with Crippen LogP contribution in [0.15, 0.2) is 0 Å². The Labute approximate surface area is 112 Å². The van der Waals surface area contributed by atoms with Gasteiger partial charge in [-0.3, -0.25) is 0 Å². The number of hydrogen-bond donors (Lipinski definition) is 2. The van der Waals surface area contributed by atoms with Crippen LogP contribution >= 0.6 is 11.5 Å². The minimum Gasteiger partial charge on any atom is -0.462 e. The summed E-state index contributed by atoms with van der Waals surface area (Å²) in [7, 11) is 0. The van der Waals surface area contributed by atoms with Crippen molar-refractivity contribution in [3.63, 3.8) is 0 Å². The third-order valence-electron chi connectivity index (χ3n) is 2.76. The number of nitrogens with zero attached hydrogens (tertiary/aromatic N) is 1. The van der Waals surface area contributed by atoms with Gasteiger partial charge in [0.05, 0.1) is 6.61 Å². The average molecular weight is 271 g/mol. The molecule has 0 spiro atoms. The standard InChI is InChI=1S/C12H21N3O2S/c1-5-8(7(3)4)14-11-9(10(13)15-18-11)12(16)17-6-2/h7-8,14H,5-6H2,1-4H3,(H2,13,15). The van der Waals surface area contributed by atoms with Crippen molar-refractivity contribution in [2.24, 2.45) is 5.92 Å². The Kier molecular flexibility index (Phi) is 5.40. The van der Waals surface area contributed by atoms with Gasteiger partial charge in [0, 0.05) is 6.04 Å². The maximum Gasteiger partial charge on any atom is 0.344 e. The summed E-state index contributed by atoms with van der Waals surface area (Å²) in [5.74, 6) is 0.290. The van der Waals surface area contributed by atoms with Crippen molar-refractivity contribution in [3.8, 4) is 0 Å². The van der Waals surface area contributed by atoms with Gasteiger partial charge in [-0.2, -0.15) is 4.37 Å². The summed E-state index contributed by atoms with van der Waals surface area (Å²) >= 11 is 1.20. The SMILES string of the molecule is CCOC(=O)c1c(N)nsc1NC(CC)C(C)C. The van der Waals surface area contributed by atoms with Crippen molar-refractivity contribution >= 4 is 28.3 Å². The third kappa shape index (κ3) is 3.35. The van der Waals surface area contributed by atoms with E-state index in [1.54, 1.807) is 6.92 Å². The van der Waals surface area contributed by atoms with E-state index in [0.29, 0.717) is 23.1 Å². The average Bonchev–Trinajstić information content (AvgIpc) is 2.67. The van der Waals surface area contributed by atoms with Crippen LogP contribution in [0.1, 0.15) is 44.5 Å². The molecule has 6 heteroatoms. The summed E-state index contributed by atoms with van der Waals surface area (Å²) in [6.45, 7) is 8.47. The molecule has 18 heavy (non-hydrogen) atoms. The van der Waals surface area contributed by atoms with Crippen LogP contribution in [0, 0.1) is 5.92 Å². The van der Waals surface area contributed by atoms with E-state index in [1.807, 2.05) is 0 Å². The molecule has 1 unspecified atom stereocenters. The van der Waals surface area contributed by atoms with Gasteiger partial charge in [-0.05, 0) is 30.8 Å². The van der Waals surface area contributed by atoms with Gasteiger partial charge < -0.3 is 15.8 Å². The van der Waals surface area contributed by atoms with Gasteiger partial charge in [0.15, 0.2) is 5.82 Å². The van der Waals surface area contributed by atoms with Crippen molar-refractivity contribution in [2.75, 3.05) is 17.7 Å². The molecule has 1 rings (SSSR count). The normalized spacial score (nSPS) is 12.5. The molecule has 0 amide bonds.